The molecule has 0 fully saturated rings. The van der Waals surface area contributed by atoms with Gasteiger partial charge in [-0.05, 0) is 19.2 Å². The molecule has 0 unspecified atom stereocenters. The summed E-state index contributed by atoms with van der Waals surface area (Å²) in [6.07, 6.45) is 0. The van der Waals surface area contributed by atoms with Gasteiger partial charge in [0, 0.05) is 0 Å². The van der Waals surface area contributed by atoms with Gasteiger partial charge in [-0.15, -0.1) is 0 Å². The summed E-state index contributed by atoms with van der Waals surface area (Å²) in [7, 11) is -1.69. The summed E-state index contributed by atoms with van der Waals surface area (Å²) in [5.74, 6) is 1.07. The summed E-state index contributed by atoms with van der Waals surface area (Å²) < 4.78 is 22.6. The normalized spacial score (nSPS) is 11.4. The summed E-state index contributed by atoms with van der Waals surface area (Å²) in [4.78, 5) is 0.305. The molecule has 1 radical (unpaired) electrons. The van der Waals surface area contributed by atoms with E-state index >= 15 is 0 Å². The van der Waals surface area contributed by atoms with Crippen molar-refractivity contribution >= 4 is 9.84 Å². The van der Waals surface area contributed by atoms with Crippen LogP contribution in [0.5, 0.6) is 0 Å². The topological polar surface area (TPSA) is 46.2 Å². The average Bonchev–Trinajstić information content (AvgIpc) is 2.06. The van der Waals surface area contributed by atoms with E-state index in [-0.39, 0.29) is 0 Å². The molecule has 3 nitrogen and oxygen atoms in total. The van der Waals surface area contributed by atoms with Crippen LogP contribution in [0.15, 0.2) is 35.2 Å². The standard InChI is InChI=1S/C8H10NO2S/c1-9-7-12(10,11)8-5-3-2-4-6-8/h2-7,9H,1H3. The maximum Gasteiger partial charge on any atom is 0.196 e. The van der Waals surface area contributed by atoms with E-state index in [2.05, 4.69) is 5.32 Å². The highest BCUT2D eigenvalue weighted by Crippen LogP contribution is 2.10. The Balaban J connectivity index is 2.99. The minimum Gasteiger partial charge on any atom is -0.302 e. The van der Waals surface area contributed by atoms with Crippen LogP contribution in [-0.2, 0) is 9.84 Å². The summed E-state index contributed by atoms with van der Waals surface area (Å²) in [6.45, 7) is 0. The molecule has 0 spiro atoms. The Morgan fingerprint density at radius 3 is 2.33 bits per heavy atom. The van der Waals surface area contributed by atoms with E-state index in [0.717, 1.165) is 5.88 Å². The molecule has 0 aliphatic carbocycles. The van der Waals surface area contributed by atoms with Crippen molar-refractivity contribution in [1.82, 2.24) is 5.32 Å². The van der Waals surface area contributed by atoms with Crippen molar-refractivity contribution in [2.75, 3.05) is 7.05 Å². The van der Waals surface area contributed by atoms with Gasteiger partial charge in [0.15, 0.2) is 9.84 Å². The molecule has 0 saturated carbocycles. The predicted octanol–water partition coefficient (Wildman–Crippen LogP) is 0.799. The summed E-state index contributed by atoms with van der Waals surface area (Å²) >= 11 is 0. The van der Waals surface area contributed by atoms with E-state index in [1.807, 2.05) is 0 Å². The van der Waals surface area contributed by atoms with Crippen LogP contribution >= 0.6 is 0 Å². The third-order valence-corrected chi connectivity index (χ3v) is 2.82. The molecule has 0 aromatic heterocycles. The van der Waals surface area contributed by atoms with E-state index in [0.29, 0.717) is 4.90 Å². The molecule has 1 aromatic carbocycles. The van der Waals surface area contributed by atoms with E-state index in [4.69, 9.17) is 0 Å². The molecule has 65 valence electrons. The van der Waals surface area contributed by atoms with Crippen molar-refractivity contribution in [2.45, 2.75) is 4.90 Å². The van der Waals surface area contributed by atoms with E-state index in [1.54, 1.807) is 37.4 Å². The van der Waals surface area contributed by atoms with Crippen LogP contribution in [-0.4, -0.2) is 15.5 Å². The Bertz CT molecular complexity index is 331. The molecular formula is C8H10NO2S. The fourth-order valence-electron chi connectivity index (χ4n) is 0.833. The second-order valence-corrected chi connectivity index (χ2v) is 4.06. The second kappa shape index (κ2) is 3.69. The molecule has 0 heterocycles. The van der Waals surface area contributed by atoms with Gasteiger partial charge >= 0.3 is 0 Å². The van der Waals surface area contributed by atoms with Gasteiger partial charge in [-0.1, -0.05) is 18.2 Å². The number of nitrogens with one attached hydrogen (secondary N) is 1. The van der Waals surface area contributed by atoms with Crippen molar-refractivity contribution in [2.24, 2.45) is 0 Å². The molecule has 1 N–H and O–H groups in total. The lowest BCUT2D eigenvalue weighted by Gasteiger charge is -2.00. The van der Waals surface area contributed by atoms with Gasteiger partial charge in [-0.25, -0.2) is 8.42 Å². The van der Waals surface area contributed by atoms with Crippen molar-refractivity contribution < 1.29 is 8.42 Å². The van der Waals surface area contributed by atoms with E-state index in [9.17, 15) is 8.42 Å². The molecule has 12 heavy (non-hydrogen) atoms. The van der Waals surface area contributed by atoms with Crippen LogP contribution in [0.2, 0.25) is 0 Å². The predicted molar refractivity (Wildman–Crippen MR) is 47.0 cm³/mol. The molecule has 1 aromatic rings. The van der Waals surface area contributed by atoms with E-state index in [1.165, 1.54) is 0 Å². The first-order chi connectivity index (χ1) is 5.67. The lowest BCUT2D eigenvalue weighted by Crippen LogP contribution is -2.12. The third-order valence-electron chi connectivity index (χ3n) is 1.34. The first-order valence-corrected chi connectivity index (χ1v) is 5.02. The lowest BCUT2D eigenvalue weighted by molar-refractivity contribution is 0.598. The van der Waals surface area contributed by atoms with Gasteiger partial charge in [0.05, 0.1) is 4.90 Å². The Morgan fingerprint density at radius 1 is 1.25 bits per heavy atom. The molecular weight excluding hydrogens is 174 g/mol. The van der Waals surface area contributed by atoms with Crippen molar-refractivity contribution in [3.8, 4) is 0 Å². The molecule has 4 heteroatoms. The Labute approximate surface area is 72.3 Å². The van der Waals surface area contributed by atoms with Crippen LogP contribution in [0, 0.1) is 5.88 Å². The second-order valence-electron chi connectivity index (χ2n) is 2.26. The Hall–Kier alpha value is -0.870. The maximum absolute atomic E-state index is 11.3. The molecule has 0 atom stereocenters. The van der Waals surface area contributed by atoms with Crippen LogP contribution < -0.4 is 5.32 Å². The summed E-state index contributed by atoms with van der Waals surface area (Å²) in [6, 6.07) is 8.28. The zero-order valence-electron chi connectivity index (χ0n) is 6.69. The first kappa shape index (κ1) is 9.22. The molecule has 0 saturated heterocycles. The van der Waals surface area contributed by atoms with Crippen molar-refractivity contribution in [3.05, 3.63) is 36.2 Å². The zero-order chi connectivity index (χ0) is 9.03. The molecule has 0 aliphatic heterocycles. The number of benzene rings is 1. The minimum atomic E-state index is -3.25. The van der Waals surface area contributed by atoms with Gasteiger partial charge < -0.3 is 5.32 Å². The average molecular weight is 184 g/mol. The number of hydrogen-bond acceptors (Lipinski definition) is 3. The maximum atomic E-state index is 11.3. The SMILES string of the molecule is CN[CH]S(=O)(=O)c1ccccc1. The quantitative estimate of drug-likeness (QED) is 0.755. The molecule has 0 aliphatic rings. The smallest absolute Gasteiger partial charge is 0.196 e. The van der Waals surface area contributed by atoms with Gasteiger partial charge in [-0.2, -0.15) is 0 Å². The summed E-state index contributed by atoms with van der Waals surface area (Å²) in [5, 5.41) is 2.49. The van der Waals surface area contributed by atoms with Gasteiger partial charge in [0.1, 0.15) is 5.88 Å². The highest BCUT2D eigenvalue weighted by molar-refractivity contribution is 7.93. The van der Waals surface area contributed by atoms with Gasteiger partial charge in [-0.3, -0.25) is 0 Å². The highest BCUT2D eigenvalue weighted by Gasteiger charge is 2.11. The lowest BCUT2D eigenvalue weighted by atomic mass is 10.4. The number of hydrogen-bond donors (Lipinski definition) is 1. The first-order valence-electron chi connectivity index (χ1n) is 3.47. The van der Waals surface area contributed by atoms with Crippen LogP contribution in [0.3, 0.4) is 0 Å². The molecule has 1 rings (SSSR count). The summed E-state index contributed by atoms with van der Waals surface area (Å²) in [5.41, 5.74) is 0. The third kappa shape index (κ3) is 2.06. The Kier molecular flexibility index (Phi) is 2.83. The van der Waals surface area contributed by atoms with E-state index < -0.39 is 9.84 Å². The highest BCUT2D eigenvalue weighted by atomic mass is 32.2. The van der Waals surface area contributed by atoms with Crippen LogP contribution in [0.1, 0.15) is 0 Å². The largest absolute Gasteiger partial charge is 0.302 e. The van der Waals surface area contributed by atoms with Crippen molar-refractivity contribution in [3.63, 3.8) is 0 Å². The fourth-order valence-corrected chi connectivity index (χ4v) is 1.82. The zero-order valence-corrected chi connectivity index (χ0v) is 7.51. The Morgan fingerprint density at radius 2 is 1.83 bits per heavy atom. The monoisotopic (exact) mass is 184 g/mol. The van der Waals surface area contributed by atoms with Crippen molar-refractivity contribution in [1.29, 1.82) is 0 Å². The molecule has 0 amide bonds. The van der Waals surface area contributed by atoms with Crippen LogP contribution in [0.25, 0.3) is 0 Å². The number of rotatable bonds is 3. The number of sulfone groups is 1. The van der Waals surface area contributed by atoms with Crippen LogP contribution in [0.4, 0.5) is 0 Å². The molecule has 0 bridgehead atoms. The van der Waals surface area contributed by atoms with Gasteiger partial charge in [0.2, 0.25) is 0 Å². The van der Waals surface area contributed by atoms with Gasteiger partial charge in [0.25, 0.3) is 0 Å². The minimum absolute atomic E-state index is 0.305. The fraction of sp³-hybridized carbons (Fsp3) is 0.125.